The first kappa shape index (κ1) is 15.0. The van der Waals surface area contributed by atoms with Gasteiger partial charge in [-0.15, -0.1) is 0 Å². The zero-order chi connectivity index (χ0) is 13.5. The Kier molecular flexibility index (Phi) is 6.16. The van der Waals surface area contributed by atoms with Gasteiger partial charge >= 0.3 is 5.97 Å². The van der Waals surface area contributed by atoms with Crippen LogP contribution in [-0.4, -0.2) is 35.0 Å². The van der Waals surface area contributed by atoms with E-state index < -0.39 is 11.9 Å². The van der Waals surface area contributed by atoms with E-state index in [9.17, 15) is 14.7 Å². The van der Waals surface area contributed by atoms with Gasteiger partial charge in [0.1, 0.15) is 0 Å². The molecule has 0 aromatic carbocycles. The van der Waals surface area contributed by atoms with Crippen molar-refractivity contribution in [2.45, 2.75) is 52.4 Å². The number of carboxylic acid groups (broad SMARTS) is 1. The van der Waals surface area contributed by atoms with Crippen molar-refractivity contribution in [2.75, 3.05) is 13.1 Å². The molecule has 0 aromatic heterocycles. The highest BCUT2D eigenvalue weighted by molar-refractivity contribution is 5.85. The summed E-state index contributed by atoms with van der Waals surface area (Å²) in [4.78, 5) is 25.5. The van der Waals surface area contributed by atoms with Gasteiger partial charge in [0.05, 0.1) is 11.8 Å². The first-order valence-corrected chi connectivity index (χ1v) is 7.13. The molecule has 0 aliphatic heterocycles. The minimum atomic E-state index is -0.805. The molecule has 0 aromatic rings. The van der Waals surface area contributed by atoms with E-state index in [2.05, 4.69) is 0 Å². The summed E-state index contributed by atoms with van der Waals surface area (Å²) in [6.45, 7) is 5.59. The van der Waals surface area contributed by atoms with Crippen molar-refractivity contribution in [3.63, 3.8) is 0 Å². The van der Waals surface area contributed by atoms with Gasteiger partial charge < -0.3 is 10.0 Å². The Balaban J connectivity index is 2.73. The maximum Gasteiger partial charge on any atom is 0.307 e. The molecule has 1 amide bonds. The summed E-state index contributed by atoms with van der Waals surface area (Å²) < 4.78 is 0. The van der Waals surface area contributed by atoms with Crippen molar-refractivity contribution in [3.8, 4) is 0 Å². The molecule has 1 aliphatic carbocycles. The Morgan fingerprint density at radius 1 is 1.06 bits per heavy atom. The van der Waals surface area contributed by atoms with Gasteiger partial charge in [-0.3, -0.25) is 9.59 Å². The number of hydrogen-bond acceptors (Lipinski definition) is 2. The molecule has 1 N–H and O–H groups in total. The largest absolute Gasteiger partial charge is 0.481 e. The standard InChI is InChI=1S/C14H25NO3/c1-3-9-15(10-4-2)13(16)11-7-5-6-8-12(11)14(17)18/h11-12H,3-10H2,1-2H3,(H,17,18)/t11-,12+/m1/s1. The zero-order valence-electron chi connectivity index (χ0n) is 11.5. The number of carboxylic acids is 1. The molecule has 0 radical (unpaired) electrons. The number of nitrogens with zero attached hydrogens (tertiary/aromatic N) is 1. The highest BCUT2D eigenvalue weighted by atomic mass is 16.4. The lowest BCUT2D eigenvalue weighted by Crippen LogP contribution is -2.43. The molecule has 4 heteroatoms. The number of carbonyl (C=O) groups excluding carboxylic acids is 1. The Labute approximate surface area is 109 Å². The Morgan fingerprint density at radius 3 is 2.00 bits per heavy atom. The molecule has 0 heterocycles. The highest BCUT2D eigenvalue weighted by Crippen LogP contribution is 2.31. The summed E-state index contributed by atoms with van der Waals surface area (Å²) in [6.07, 6.45) is 5.15. The zero-order valence-corrected chi connectivity index (χ0v) is 11.5. The van der Waals surface area contributed by atoms with E-state index in [-0.39, 0.29) is 11.8 Å². The van der Waals surface area contributed by atoms with Crippen molar-refractivity contribution >= 4 is 11.9 Å². The van der Waals surface area contributed by atoms with Gasteiger partial charge in [0.2, 0.25) is 5.91 Å². The Morgan fingerprint density at radius 2 is 1.56 bits per heavy atom. The van der Waals surface area contributed by atoms with Crippen LogP contribution in [0.3, 0.4) is 0 Å². The van der Waals surface area contributed by atoms with E-state index in [1.54, 1.807) is 0 Å². The number of rotatable bonds is 6. The molecule has 104 valence electrons. The molecular weight excluding hydrogens is 230 g/mol. The fourth-order valence-corrected chi connectivity index (χ4v) is 2.83. The van der Waals surface area contributed by atoms with E-state index in [0.29, 0.717) is 6.42 Å². The first-order valence-electron chi connectivity index (χ1n) is 7.13. The molecule has 1 rings (SSSR count). The van der Waals surface area contributed by atoms with Crippen LogP contribution >= 0.6 is 0 Å². The predicted molar refractivity (Wildman–Crippen MR) is 70.2 cm³/mol. The third kappa shape index (κ3) is 3.72. The molecule has 2 atom stereocenters. The molecule has 0 unspecified atom stereocenters. The fourth-order valence-electron chi connectivity index (χ4n) is 2.83. The molecule has 0 spiro atoms. The quantitative estimate of drug-likeness (QED) is 0.793. The number of aliphatic carboxylic acids is 1. The molecule has 1 aliphatic rings. The summed E-state index contributed by atoms with van der Waals surface area (Å²) in [5.41, 5.74) is 0. The molecule has 18 heavy (non-hydrogen) atoms. The second kappa shape index (κ2) is 7.39. The minimum absolute atomic E-state index is 0.0609. The second-order valence-corrected chi connectivity index (χ2v) is 5.16. The topological polar surface area (TPSA) is 57.6 Å². The van der Waals surface area contributed by atoms with Gasteiger partial charge in [0, 0.05) is 13.1 Å². The lowest BCUT2D eigenvalue weighted by Gasteiger charge is -2.32. The number of hydrogen-bond donors (Lipinski definition) is 1. The summed E-state index contributed by atoms with van der Waals surface area (Å²) in [5, 5.41) is 9.23. The van der Waals surface area contributed by atoms with Crippen LogP contribution < -0.4 is 0 Å². The number of carbonyl (C=O) groups is 2. The van der Waals surface area contributed by atoms with E-state index in [1.807, 2.05) is 18.7 Å². The van der Waals surface area contributed by atoms with Gasteiger partial charge in [0.15, 0.2) is 0 Å². The third-order valence-corrected chi connectivity index (χ3v) is 3.70. The van der Waals surface area contributed by atoms with Crippen LogP contribution in [0.4, 0.5) is 0 Å². The van der Waals surface area contributed by atoms with Crippen molar-refractivity contribution in [2.24, 2.45) is 11.8 Å². The van der Waals surface area contributed by atoms with Crippen LogP contribution in [-0.2, 0) is 9.59 Å². The van der Waals surface area contributed by atoms with Crippen LogP contribution in [0.2, 0.25) is 0 Å². The van der Waals surface area contributed by atoms with Gasteiger partial charge in [0.25, 0.3) is 0 Å². The van der Waals surface area contributed by atoms with E-state index >= 15 is 0 Å². The van der Waals surface area contributed by atoms with Crippen molar-refractivity contribution in [1.82, 2.24) is 4.90 Å². The SMILES string of the molecule is CCCN(CCC)C(=O)[C@@H]1CCCC[C@@H]1C(=O)O. The summed E-state index contributed by atoms with van der Waals surface area (Å²) in [6, 6.07) is 0. The van der Waals surface area contributed by atoms with Crippen LogP contribution in [0.15, 0.2) is 0 Å². The average molecular weight is 255 g/mol. The minimum Gasteiger partial charge on any atom is -0.481 e. The maximum atomic E-state index is 12.5. The fraction of sp³-hybridized carbons (Fsp3) is 0.857. The lowest BCUT2D eigenvalue weighted by molar-refractivity contribution is -0.152. The second-order valence-electron chi connectivity index (χ2n) is 5.16. The normalized spacial score (nSPS) is 23.7. The van der Waals surface area contributed by atoms with Crippen LogP contribution in [0, 0.1) is 11.8 Å². The molecule has 4 nitrogen and oxygen atoms in total. The summed E-state index contributed by atoms with van der Waals surface area (Å²) in [7, 11) is 0. The lowest BCUT2D eigenvalue weighted by atomic mass is 9.78. The van der Waals surface area contributed by atoms with Crippen LogP contribution in [0.5, 0.6) is 0 Å². The molecule has 1 saturated carbocycles. The van der Waals surface area contributed by atoms with Gasteiger partial charge in [-0.05, 0) is 25.7 Å². The smallest absolute Gasteiger partial charge is 0.307 e. The van der Waals surface area contributed by atoms with E-state index in [1.165, 1.54) is 0 Å². The third-order valence-electron chi connectivity index (χ3n) is 3.70. The van der Waals surface area contributed by atoms with Gasteiger partial charge in [-0.25, -0.2) is 0 Å². The molecular formula is C14H25NO3. The van der Waals surface area contributed by atoms with E-state index in [0.717, 1.165) is 45.2 Å². The van der Waals surface area contributed by atoms with Crippen molar-refractivity contribution < 1.29 is 14.7 Å². The van der Waals surface area contributed by atoms with Crippen LogP contribution in [0.1, 0.15) is 52.4 Å². The van der Waals surface area contributed by atoms with Gasteiger partial charge in [-0.1, -0.05) is 26.7 Å². The maximum absolute atomic E-state index is 12.5. The van der Waals surface area contributed by atoms with Crippen LogP contribution in [0.25, 0.3) is 0 Å². The monoisotopic (exact) mass is 255 g/mol. The first-order chi connectivity index (χ1) is 8.61. The molecule has 0 saturated heterocycles. The van der Waals surface area contributed by atoms with Crippen molar-refractivity contribution in [1.29, 1.82) is 0 Å². The van der Waals surface area contributed by atoms with Crippen molar-refractivity contribution in [3.05, 3.63) is 0 Å². The summed E-state index contributed by atoms with van der Waals surface area (Å²) >= 11 is 0. The Hall–Kier alpha value is -1.06. The Bertz CT molecular complexity index is 285. The van der Waals surface area contributed by atoms with E-state index in [4.69, 9.17) is 0 Å². The summed E-state index contributed by atoms with van der Waals surface area (Å²) in [5.74, 6) is -1.51. The van der Waals surface area contributed by atoms with Gasteiger partial charge in [-0.2, -0.15) is 0 Å². The average Bonchev–Trinajstić information content (AvgIpc) is 2.37. The highest BCUT2D eigenvalue weighted by Gasteiger charge is 2.37. The molecule has 1 fully saturated rings. The number of amides is 1. The predicted octanol–water partition coefficient (Wildman–Crippen LogP) is 2.53. The molecule has 0 bridgehead atoms.